The van der Waals surface area contributed by atoms with Gasteiger partial charge in [-0.1, -0.05) is 30.3 Å². The second-order valence-electron chi connectivity index (χ2n) is 10.4. The lowest BCUT2D eigenvalue weighted by atomic mass is 9.37. The Hall–Kier alpha value is -2.97. The van der Waals surface area contributed by atoms with Crippen molar-refractivity contribution < 1.29 is 14.2 Å². The van der Waals surface area contributed by atoms with Crippen LogP contribution in [0.3, 0.4) is 0 Å². The molecule has 3 aliphatic carbocycles. The van der Waals surface area contributed by atoms with Gasteiger partial charge in [-0.2, -0.15) is 5.26 Å². The van der Waals surface area contributed by atoms with Crippen LogP contribution < -0.4 is 9.47 Å². The molecule has 0 amide bonds. The molecule has 0 aromatic heterocycles. The van der Waals surface area contributed by atoms with Crippen LogP contribution in [0.2, 0.25) is 0 Å². The van der Waals surface area contributed by atoms with Crippen molar-refractivity contribution in [2.24, 2.45) is 11.3 Å². The van der Waals surface area contributed by atoms with E-state index in [1.54, 1.807) is 14.2 Å². The fourth-order valence-corrected chi connectivity index (χ4v) is 8.45. The molecule has 0 radical (unpaired) electrons. The maximum atomic E-state index is 10.5. The smallest absolute Gasteiger partial charge is 0.166 e. The summed E-state index contributed by atoms with van der Waals surface area (Å²) in [5.74, 6) is 2.40. The van der Waals surface area contributed by atoms with Crippen LogP contribution in [0.4, 0.5) is 0 Å². The molecule has 0 N–H and O–H groups in total. The van der Waals surface area contributed by atoms with E-state index in [1.807, 2.05) is 0 Å². The normalized spacial score (nSPS) is 37.0. The fraction of sp³-hybridized carbons (Fsp3) is 0.464. The zero-order valence-electron chi connectivity index (χ0n) is 19.3. The molecule has 1 fully saturated rings. The molecule has 0 unspecified atom stereocenters. The number of benzene rings is 2. The summed E-state index contributed by atoms with van der Waals surface area (Å²) in [6.07, 6.45) is 4.96. The number of likely N-dealkylation sites (N-methyl/N-ethyl adjacent to an activating group) is 1. The van der Waals surface area contributed by atoms with Crippen molar-refractivity contribution in [2.75, 3.05) is 27.8 Å². The Balaban J connectivity index is 1.61. The van der Waals surface area contributed by atoms with Crippen LogP contribution in [-0.4, -0.2) is 44.9 Å². The summed E-state index contributed by atoms with van der Waals surface area (Å²) in [6, 6.07) is 15.9. The van der Waals surface area contributed by atoms with E-state index in [9.17, 15) is 5.26 Å². The Bertz CT molecular complexity index is 1260. The molecule has 1 saturated heterocycles. The van der Waals surface area contributed by atoms with Gasteiger partial charge in [0.2, 0.25) is 0 Å². The first kappa shape index (κ1) is 19.5. The Kier molecular flexibility index (Phi) is 3.74. The van der Waals surface area contributed by atoms with Crippen LogP contribution in [0.25, 0.3) is 0 Å². The summed E-state index contributed by atoms with van der Waals surface area (Å²) in [5.41, 5.74) is 4.78. The van der Waals surface area contributed by atoms with Crippen molar-refractivity contribution in [2.45, 2.75) is 42.7 Å². The summed E-state index contributed by atoms with van der Waals surface area (Å²) >= 11 is 0. The molecule has 5 aliphatic rings. The van der Waals surface area contributed by atoms with Crippen LogP contribution >= 0.6 is 0 Å². The van der Waals surface area contributed by atoms with Crippen molar-refractivity contribution in [3.05, 3.63) is 70.5 Å². The minimum atomic E-state index is -0.241. The molecule has 6 atom stereocenters. The van der Waals surface area contributed by atoms with Gasteiger partial charge in [0.25, 0.3) is 0 Å². The Morgan fingerprint density at radius 2 is 1.97 bits per heavy atom. The van der Waals surface area contributed by atoms with E-state index in [1.165, 1.54) is 22.3 Å². The van der Waals surface area contributed by atoms with Gasteiger partial charge >= 0.3 is 0 Å². The lowest BCUT2D eigenvalue weighted by molar-refractivity contribution is -0.132. The number of rotatable bonds is 2. The number of allylic oxidation sites excluding steroid dienone is 1. The third-order valence-corrected chi connectivity index (χ3v) is 9.59. The van der Waals surface area contributed by atoms with Gasteiger partial charge in [0, 0.05) is 22.9 Å². The van der Waals surface area contributed by atoms with Gasteiger partial charge in [-0.05, 0) is 61.7 Å². The van der Waals surface area contributed by atoms with Crippen LogP contribution in [0.5, 0.6) is 11.5 Å². The number of hydrogen-bond donors (Lipinski definition) is 0. The minimum absolute atomic E-state index is 0.0604. The van der Waals surface area contributed by atoms with Crippen molar-refractivity contribution in [3.8, 4) is 17.6 Å². The summed E-state index contributed by atoms with van der Waals surface area (Å²) in [6.45, 7) is 1.00. The molecule has 168 valence electrons. The first-order valence-corrected chi connectivity index (χ1v) is 11.9. The Morgan fingerprint density at radius 1 is 1.12 bits per heavy atom. The van der Waals surface area contributed by atoms with Crippen LogP contribution in [0.15, 0.2) is 48.2 Å². The largest absolute Gasteiger partial charge is 0.497 e. The highest BCUT2D eigenvalue weighted by Gasteiger charge is 2.75. The summed E-state index contributed by atoms with van der Waals surface area (Å²) in [4.78, 5) is 2.55. The predicted octanol–water partition coefficient (Wildman–Crippen LogP) is 3.96. The Morgan fingerprint density at radius 3 is 2.76 bits per heavy atom. The second-order valence-corrected chi connectivity index (χ2v) is 10.4. The van der Waals surface area contributed by atoms with E-state index in [4.69, 9.17) is 14.2 Å². The molecule has 5 heteroatoms. The number of fused-ring (bicyclic) bond motifs is 1. The number of nitriles is 1. The molecule has 0 saturated carbocycles. The molecule has 2 heterocycles. The predicted molar refractivity (Wildman–Crippen MR) is 123 cm³/mol. The van der Waals surface area contributed by atoms with Gasteiger partial charge in [0.15, 0.2) is 17.6 Å². The average molecular weight is 441 g/mol. The fourth-order valence-electron chi connectivity index (χ4n) is 8.45. The van der Waals surface area contributed by atoms with Crippen molar-refractivity contribution in [1.29, 1.82) is 5.26 Å². The molecule has 2 spiro atoms. The molecule has 2 bridgehead atoms. The van der Waals surface area contributed by atoms with E-state index >= 15 is 0 Å². The number of hydrogen-bond acceptors (Lipinski definition) is 5. The summed E-state index contributed by atoms with van der Waals surface area (Å²) in [5, 5.41) is 10.5. The number of nitrogens with zero attached hydrogens (tertiary/aromatic N) is 2. The van der Waals surface area contributed by atoms with E-state index < -0.39 is 0 Å². The van der Waals surface area contributed by atoms with Gasteiger partial charge < -0.3 is 19.1 Å². The van der Waals surface area contributed by atoms with E-state index in [0.29, 0.717) is 6.04 Å². The van der Waals surface area contributed by atoms with Gasteiger partial charge in [-0.3, -0.25) is 0 Å². The molecule has 2 aromatic rings. The van der Waals surface area contributed by atoms with Crippen LogP contribution in [0, 0.1) is 22.7 Å². The zero-order valence-corrected chi connectivity index (χ0v) is 19.3. The highest BCUT2D eigenvalue weighted by molar-refractivity contribution is 5.65. The SMILES string of the molecule is COC1=C[C@H]2[C@H](C#N)c3ccccc3C[C@@]23[C@@H]2Cc4ccc(OC)c5c4[C@@]3(CCN2C)[C@H]1O5. The number of likely N-dealkylation sites (tertiary alicyclic amines) is 1. The monoisotopic (exact) mass is 440 g/mol. The molecular formula is C28H28N2O3. The summed E-state index contributed by atoms with van der Waals surface area (Å²) in [7, 11) is 5.73. The average Bonchev–Trinajstić information content (AvgIpc) is 3.19. The van der Waals surface area contributed by atoms with E-state index in [0.717, 1.165) is 43.1 Å². The maximum absolute atomic E-state index is 10.5. The van der Waals surface area contributed by atoms with Crippen molar-refractivity contribution >= 4 is 0 Å². The second kappa shape index (κ2) is 6.33. The topological polar surface area (TPSA) is 54.7 Å². The molecular weight excluding hydrogens is 412 g/mol. The standard InChI is InChI=1S/C28H28N2O3/c1-30-11-10-27-24-16-8-9-21(31-2)25(24)33-26(27)22(32-3)13-20-19(15-29)18-7-5-4-6-17(18)14-28(20,27)23(30)12-16/h4-9,13,19-20,23,26H,10-12,14H2,1-3H3/t19-,20+,23+,26+,27+,28+/m1/s1. The molecule has 2 aliphatic heterocycles. The van der Waals surface area contributed by atoms with E-state index in [-0.39, 0.29) is 28.8 Å². The van der Waals surface area contributed by atoms with Gasteiger partial charge in [0.1, 0.15) is 5.76 Å². The zero-order chi connectivity index (χ0) is 22.5. The quantitative estimate of drug-likeness (QED) is 0.708. The highest BCUT2D eigenvalue weighted by atomic mass is 16.6. The van der Waals surface area contributed by atoms with E-state index in [2.05, 4.69) is 60.5 Å². The third-order valence-electron chi connectivity index (χ3n) is 9.59. The number of ether oxygens (including phenoxy) is 3. The maximum Gasteiger partial charge on any atom is 0.166 e. The summed E-state index contributed by atoms with van der Waals surface area (Å²) < 4.78 is 18.6. The Labute approximate surface area is 194 Å². The van der Waals surface area contributed by atoms with Gasteiger partial charge in [-0.15, -0.1) is 0 Å². The molecule has 2 aromatic carbocycles. The third kappa shape index (κ3) is 2.00. The van der Waals surface area contributed by atoms with Gasteiger partial charge in [0.05, 0.1) is 31.6 Å². The van der Waals surface area contributed by atoms with Gasteiger partial charge in [-0.25, -0.2) is 0 Å². The van der Waals surface area contributed by atoms with Crippen molar-refractivity contribution in [3.63, 3.8) is 0 Å². The van der Waals surface area contributed by atoms with Crippen LogP contribution in [0.1, 0.15) is 34.6 Å². The van der Waals surface area contributed by atoms with Crippen LogP contribution in [-0.2, 0) is 23.0 Å². The highest BCUT2D eigenvalue weighted by Crippen LogP contribution is 2.73. The molecule has 5 nitrogen and oxygen atoms in total. The first-order chi connectivity index (χ1) is 16.1. The molecule has 33 heavy (non-hydrogen) atoms. The number of methoxy groups -OCH3 is 2. The minimum Gasteiger partial charge on any atom is -0.497 e. The molecule has 7 rings (SSSR count). The lowest BCUT2D eigenvalue weighted by Crippen LogP contribution is -2.74. The van der Waals surface area contributed by atoms with Crippen molar-refractivity contribution in [1.82, 2.24) is 4.90 Å². The first-order valence-electron chi connectivity index (χ1n) is 11.9. The number of piperidine rings is 1. The lowest BCUT2D eigenvalue weighted by Gasteiger charge is -2.68.